The highest BCUT2D eigenvalue weighted by molar-refractivity contribution is 6.50. The van der Waals surface area contributed by atoms with Gasteiger partial charge in [0, 0.05) is 6.42 Å². The average molecular weight is 230 g/mol. The summed E-state index contributed by atoms with van der Waals surface area (Å²) in [5.41, 5.74) is 0.900. The Bertz CT molecular complexity index is 340. The average Bonchev–Trinajstić information content (AvgIpc) is 2.19. The number of hydrogen-bond donors (Lipinski definition) is 0. The Morgan fingerprint density at radius 1 is 1.36 bits per heavy atom. The van der Waals surface area contributed by atoms with Crippen molar-refractivity contribution in [2.75, 3.05) is 7.11 Å². The molecule has 1 aromatic rings. The highest BCUT2D eigenvalue weighted by Gasteiger charge is 2.23. The van der Waals surface area contributed by atoms with E-state index in [-0.39, 0.29) is 0 Å². The van der Waals surface area contributed by atoms with Gasteiger partial charge in [-0.15, -0.1) is 0 Å². The van der Waals surface area contributed by atoms with Gasteiger partial charge in [0.25, 0.3) is 0 Å². The summed E-state index contributed by atoms with van der Waals surface area (Å²) in [5.74, 6) is 0.764. The molecule has 0 amide bonds. The first-order chi connectivity index (χ1) is 6.57. The predicted molar refractivity (Wildman–Crippen MR) is 56.7 cm³/mol. The van der Waals surface area contributed by atoms with Crippen molar-refractivity contribution >= 4 is 23.2 Å². The number of methoxy groups -OCH3 is 1. The van der Waals surface area contributed by atoms with Gasteiger partial charge in [-0.1, -0.05) is 35.3 Å². The molecule has 0 aliphatic carbocycles. The predicted octanol–water partition coefficient (Wildman–Crippen LogP) is 2.94. The summed E-state index contributed by atoms with van der Waals surface area (Å²) in [6, 6.07) is 9.08. The smallest absolute Gasteiger partial charge is 0.207 e. The lowest BCUT2D eigenvalue weighted by atomic mass is 10.1. The van der Waals surface area contributed by atoms with E-state index >= 15 is 0 Å². The molecular weight excluding hydrogens is 221 g/mol. The van der Waals surface area contributed by atoms with Gasteiger partial charge >= 0.3 is 0 Å². The maximum absolute atomic E-state index is 8.62. The molecule has 0 aliphatic rings. The molecule has 0 unspecified atom stereocenters. The molecule has 0 N–H and O–H groups in total. The summed E-state index contributed by atoms with van der Waals surface area (Å²) >= 11 is 11.4. The van der Waals surface area contributed by atoms with Crippen molar-refractivity contribution < 1.29 is 4.74 Å². The first-order valence-corrected chi connectivity index (χ1v) is 4.75. The number of rotatable bonds is 3. The Morgan fingerprint density at radius 2 is 1.93 bits per heavy atom. The molecule has 1 rings (SSSR count). The fourth-order valence-electron chi connectivity index (χ4n) is 1.04. The SMILES string of the molecule is COc1ccc(CC(Cl)(Cl)C#N)cc1. The quantitative estimate of drug-likeness (QED) is 0.748. The number of nitrogens with zero attached hydrogens (tertiary/aromatic N) is 1. The van der Waals surface area contributed by atoms with Gasteiger partial charge < -0.3 is 4.74 Å². The first-order valence-electron chi connectivity index (χ1n) is 3.99. The molecule has 0 saturated heterocycles. The molecule has 0 spiro atoms. The minimum Gasteiger partial charge on any atom is -0.497 e. The van der Waals surface area contributed by atoms with Crippen LogP contribution in [0.1, 0.15) is 5.56 Å². The third-order valence-electron chi connectivity index (χ3n) is 1.75. The number of alkyl halides is 2. The molecule has 0 atom stereocenters. The topological polar surface area (TPSA) is 33.0 Å². The molecule has 0 heterocycles. The third-order valence-corrected chi connectivity index (χ3v) is 2.19. The Labute approximate surface area is 93.0 Å². The standard InChI is InChI=1S/C10H9Cl2NO/c1-14-9-4-2-8(3-5-9)6-10(11,12)7-13/h2-5H,6H2,1H3. The van der Waals surface area contributed by atoms with Crippen LogP contribution in [0.4, 0.5) is 0 Å². The van der Waals surface area contributed by atoms with Gasteiger partial charge in [-0.05, 0) is 17.7 Å². The zero-order valence-corrected chi connectivity index (χ0v) is 9.14. The van der Waals surface area contributed by atoms with Crippen LogP contribution >= 0.6 is 23.2 Å². The molecule has 0 aliphatic heterocycles. The Hall–Kier alpha value is -0.910. The molecule has 0 aromatic heterocycles. The second-order valence-electron chi connectivity index (χ2n) is 2.84. The van der Waals surface area contributed by atoms with Crippen molar-refractivity contribution in [3.05, 3.63) is 29.8 Å². The number of ether oxygens (including phenoxy) is 1. The van der Waals surface area contributed by atoms with Crippen molar-refractivity contribution in [3.63, 3.8) is 0 Å². The molecule has 0 bridgehead atoms. The molecule has 74 valence electrons. The van der Waals surface area contributed by atoms with Crippen LogP contribution in [0.25, 0.3) is 0 Å². The van der Waals surface area contributed by atoms with E-state index in [9.17, 15) is 0 Å². The van der Waals surface area contributed by atoms with Crippen molar-refractivity contribution in [3.8, 4) is 11.8 Å². The van der Waals surface area contributed by atoms with Crippen molar-refractivity contribution in [2.24, 2.45) is 0 Å². The zero-order chi connectivity index (χ0) is 10.6. The fraction of sp³-hybridized carbons (Fsp3) is 0.300. The second-order valence-corrected chi connectivity index (χ2v) is 4.33. The lowest BCUT2D eigenvalue weighted by molar-refractivity contribution is 0.414. The zero-order valence-electron chi connectivity index (χ0n) is 7.63. The highest BCUT2D eigenvalue weighted by atomic mass is 35.5. The van der Waals surface area contributed by atoms with E-state index < -0.39 is 4.33 Å². The van der Waals surface area contributed by atoms with E-state index in [1.54, 1.807) is 19.2 Å². The molecule has 1 aromatic carbocycles. The maximum atomic E-state index is 8.62. The normalized spacial score (nSPS) is 10.7. The number of nitriles is 1. The molecule has 2 nitrogen and oxygen atoms in total. The molecule has 0 fully saturated rings. The van der Waals surface area contributed by atoms with E-state index in [2.05, 4.69) is 0 Å². The van der Waals surface area contributed by atoms with Crippen LogP contribution in [0, 0.1) is 11.3 Å². The summed E-state index contributed by atoms with van der Waals surface area (Å²) in [6.45, 7) is 0. The van der Waals surface area contributed by atoms with Gasteiger partial charge in [-0.3, -0.25) is 0 Å². The second kappa shape index (κ2) is 4.54. The van der Waals surface area contributed by atoms with Crippen LogP contribution in [0.3, 0.4) is 0 Å². The Balaban J connectivity index is 2.75. The summed E-state index contributed by atoms with van der Waals surface area (Å²) in [4.78, 5) is 0. The number of hydrogen-bond acceptors (Lipinski definition) is 2. The van der Waals surface area contributed by atoms with Gasteiger partial charge in [0.1, 0.15) is 11.8 Å². The van der Waals surface area contributed by atoms with E-state index in [1.165, 1.54) is 0 Å². The molecular formula is C10H9Cl2NO. The number of halogens is 2. The van der Waals surface area contributed by atoms with E-state index in [4.69, 9.17) is 33.2 Å². The van der Waals surface area contributed by atoms with Crippen molar-refractivity contribution in [1.29, 1.82) is 5.26 Å². The number of benzene rings is 1. The molecule has 4 heteroatoms. The van der Waals surface area contributed by atoms with Gasteiger partial charge in [-0.25, -0.2) is 0 Å². The molecule has 0 saturated carbocycles. The van der Waals surface area contributed by atoms with Gasteiger partial charge in [0.15, 0.2) is 0 Å². The van der Waals surface area contributed by atoms with Gasteiger partial charge in [0.05, 0.1) is 7.11 Å². The summed E-state index contributed by atoms with van der Waals surface area (Å²) in [6.07, 6.45) is 0.302. The first kappa shape index (κ1) is 11.2. The van der Waals surface area contributed by atoms with E-state index in [0.717, 1.165) is 11.3 Å². The summed E-state index contributed by atoms with van der Waals surface area (Å²) < 4.78 is 3.64. The summed E-state index contributed by atoms with van der Waals surface area (Å²) in [7, 11) is 1.59. The van der Waals surface area contributed by atoms with Crippen LogP contribution in [-0.4, -0.2) is 11.4 Å². The fourth-order valence-corrected chi connectivity index (χ4v) is 1.35. The van der Waals surface area contributed by atoms with Crippen molar-refractivity contribution in [1.82, 2.24) is 0 Å². The largest absolute Gasteiger partial charge is 0.497 e. The lowest BCUT2D eigenvalue weighted by Gasteiger charge is -2.10. The van der Waals surface area contributed by atoms with Crippen LogP contribution in [-0.2, 0) is 6.42 Å². The lowest BCUT2D eigenvalue weighted by Crippen LogP contribution is -2.12. The van der Waals surface area contributed by atoms with E-state index in [1.807, 2.05) is 18.2 Å². The summed E-state index contributed by atoms with van der Waals surface area (Å²) in [5, 5.41) is 8.62. The van der Waals surface area contributed by atoms with Crippen molar-refractivity contribution in [2.45, 2.75) is 10.8 Å². The van der Waals surface area contributed by atoms with Crippen LogP contribution in [0.2, 0.25) is 0 Å². The van der Waals surface area contributed by atoms with E-state index in [0.29, 0.717) is 6.42 Å². The highest BCUT2D eigenvalue weighted by Crippen LogP contribution is 2.25. The minimum atomic E-state index is -1.35. The van der Waals surface area contributed by atoms with Gasteiger partial charge in [0.2, 0.25) is 4.33 Å². The Kier molecular flexibility index (Phi) is 3.62. The minimum absolute atomic E-state index is 0.302. The monoisotopic (exact) mass is 229 g/mol. The van der Waals surface area contributed by atoms with Gasteiger partial charge in [-0.2, -0.15) is 5.26 Å². The Morgan fingerprint density at radius 3 is 2.36 bits per heavy atom. The molecule has 0 radical (unpaired) electrons. The third kappa shape index (κ3) is 3.10. The van der Waals surface area contributed by atoms with Crippen LogP contribution in [0.15, 0.2) is 24.3 Å². The van der Waals surface area contributed by atoms with Crippen LogP contribution in [0.5, 0.6) is 5.75 Å². The van der Waals surface area contributed by atoms with Crippen LogP contribution < -0.4 is 4.74 Å². The maximum Gasteiger partial charge on any atom is 0.207 e. The molecule has 14 heavy (non-hydrogen) atoms.